The van der Waals surface area contributed by atoms with Crippen molar-refractivity contribution in [1.29, 1.82) is 0 Å². The molecule has 0 saturated heterocycles. The average Bonchev–Trinajstić information content (AvgIpc) is 3.04. The van der Waals surface area contributed by atoms with Gasteiger partial charge < -0.3 is 10.6 Å². The van der Waals surface area contributed by atoms with Crippen molar-refractivity contribution < 1.29 is 9.15 Å². The van der Waals surface area contributed by atoms with Crippen LogP contribution in [0.25, 0.3) is 17.2 Å². The Morgan fingerprint density at radius 3 is 2.64 bits per heavy atom. The highest BCUT2D eigenvalue weighted by Crippen LogP contribution is 2.28. The fraction of sp³-hybridized carbons (Fsp3) is 0.167. The molecule has 0 aliphatic carbocycles. The zero-order chi connectivity index (χ0) is 15.9. The van der Waals surface area contributed by atoms with Crippen molar-refractivity contribution >= 4 is 23.1 Å². The highest BCUT2D eigenvalue weighted by molar-refractivity contribution is 6.33. The summed E-state index contributed by atoms with van der Waals surface area (Å²) in [6, 6.07) is 5.08. The molecule has 0 aliphatic rings. The van der Waals surface area contributed by atoms with E-state index in [1.807, 2.05) is 19.0 Å². The standard InChI is InChI=1S/C12H11ClN6O3/c1-18(2)8-4-3-6(5-7(8)13)19-11(17-21-12(19)20)9-10(14)16-22-15-9/h3-5H,1-2H3,(H2,14,16). The summed E-state index contributed by atoms with van der Waals surface area (Å²) in [5.74, 6) is -0.624. The number of hydrogen-bond donors (Lipinski definition) is 1. The number of halogens is 1. The van der Waals surface area contributed by atoms with Crippen LogP contribution >= 0.6 is 11.6 Å². The van der Waals surface area contributed by atoms with Crippen molar-refractivity contribution in [2.45, 2.75) is 0 Å². The molecule has 0 bridgehead atoms. The summed E-state index contributed by atoms with van der Waals surface area (Å²) in [7, 11) is 3.72. The summed E-state index contributed by atoms with van der Waals surface area (Å²) in [4.78, 5) is 13.8. The number of benzene rings is 1. The van der Waals surface area contributed by atoms with Crippen LogP contribution in [0.2, 0.25) is 5.02 Å². The van der Waals surface area contributed by atoms with Crippen molar-refractivity contribution in [3.63, 3.8) is 0 Å². The van der Waals surface area contributed by atoms with E-state index in [1.165, 1.54) is 4.57 Å². The van der Waals surface area contributed by atoms with Crippen LogP contribution in [0.3, 0.4) is 0 Å². The summed E-state index contributed by atoms with van der Waals surface area (Å²) in [6.07, 6.45) is 0. The first kappa shape index (κ1) is 14.1. The molecule has 0 atom stereocenters. The number of nitrogens with zero attached hydrogens (tertiary/aromatic N) is 5. The Morgan fingerprint density at radius 2 is 2.05 bits per heavy atom. The van der Waals surface area contributed by atoms with Crippen LogP contribution in [0.4, 0.5) is 11.5 Å². The van der Waals surface area contributed by atoms with Gasteiger partial charge in [0.05, 0.1) is 16.4 Å². The Balaban J connectivity index is 2.18. The van der Waals surface area contributed by atoms with Gasteiger partial charge in [0.25, 0.3) is 0 Å². The van der Waals surface area contributed by atoms with E-state index in [0.29, 0.717) is 10.7 Å². The monoisotopic (exact) mass is 322 g/mol. The molecule has 3 aromatic rings. The highest BCUT2D eigenvalue weighted by Gasteiger charge is 2.21. The average molecular weight is 323 g/mol. The first-order valence-corrected chi connectivity index (χ1v) is 6.51. The third-order valence-corrected chi connectivity index (χ3v) is 3.30. The van der Waals surface area contributed by atoms with Gasteiger partial charge in [-0.1, -0.05) is 16.8 Å². The molecule has 0 unspecified atom stereocenters. The molecule has 0 fully saturated rings. The number of anilines is 2. The minimum atomic E-state index is -0.703. The molecule has 1 aromatic carbocycles. The van der Waals surface area contributed by atoms with E-state index < -0.39 is 5.76 Å². The summed E-state index contributed by atoms with van der Waals surface area (Å²) in [5, 5.41) is 11.2. The maximum atomic E-state index is 11.9. The number of nitrogen functional groups attached to an aromatic ring is 1. The van der Waals surface area contributed by atoms with Crippen molar-refractivity contribution in [2.24, 2.45) is 0 Å². The van der Waals surface area contributed by atoms with E-state index in [9.17, 15) is 4.79 Å². The van der Waals surface area contributed by atoms with Crippen LogP contribution in [0.1, 0.15) is 0 Å². The number of hydrogen-bond acceptors (Lipinski definition) is 8. The van der Waals surface area contributed by atoms with Crippen molar-refractivity contribution in [3.8, 4) is 17.2 Å². The second-order valence-electron chi connectivity index (χ2n) is 4.64. The van der Waals surface area contributed by atoms with Gasteiger partial charge in [-0.3, -0.25) is 4.52 Å². The van der Waals surface area contributed by atoms with E-state index in [4.69, 9.17) is 17.3 Å². The molecular weight excluding hydrogens is 312 g/mol. The molecule has 9 nitrogen and oxygen atoms in total. The number of rotatable bonds is 3. The topological polar surface area (TPSA) is 116 Å². The Hall–Kier alpha value is -2.81. The van der Waals surface area contributed by atoms with Gasteiger partial charge in [0, 0.05) is 14.1 Å². The maximum Gasteiger partial charge on any atom is 0.446 e. The minimum absolute atomic E-state index is 0.00180. The molecule has 2 heterocycles. The Bertz CT molecular complexity index is 881. The van der Waals surface area contributed by atoms with Crippen molar-refractivity contribution in [1.82, 2.24) is 20.0 Å². The molecule has 0 radical (unpaired) electrons. The van der Waals surface area contributed by atoms with Crippen LogP contribution < -0.4 is 16.4 Å². The molecule has 0 amide bonds. The summed E-state index contributed by atoms with van der Waals surface area (Å²) < 4.78 is 10.4. The first-order chi connectivity index (χ1) is 10.5. The molecule has 0 saturated carbocycles. The lowest BCUT2D eigenvalue weighted by atomic mass is 10.2. The second-order valence-corrected chi connectivity index (χ2v) is 5.04. The van der Waals surface area contributed by atoms with E-state index in [1.54, 1.807) is 18.2 Å². The molecule has 3 rings (SSSR count). The lowest BCUT2D eigenvalue weighted by molar-refractivity contribution is 0.310. The molecule has 2 N–H and O–H groups in total. The summed E-state index contributed by atoms with van der Waals surface area (Å²) in [5.41, 5.74) is 7.00. The quantitative estimate of drug-likeness (QED) is 0.764. The van der Waals surface area contributed by atoms with E-state index >= 15 is 0 Å². The van der Waals surface area contributed by atoms with Gasteiger partial charge in [-0.05, 0) is 28.5 Å². The molecule has 114 valence electrons. The van der Waals surface area contributed by atoms with E-state index in [2.05, 4.69) is 24.6 Å². The zero-order valence-electron chi connectivity index (χ0n) is 11.6. The van der Waals surface area contributed by atoms with E-state index in [-0.39, 0.29) is 17.3 Å². The van der Waals surface area contributed by atoms with Crippen LogP contribution in [-0.2, 0) is 0 Å². The smallest absolute Gasteiger partial charge is 0.379 e. The zero-order valence-corrected chi connectivity index (χ0v) is 12.4. The van der Waals surface area contributed by atoms with Gasteiger partial charge in [-0.15, -0.1) is 0 Å². The third-order valence-electron chi connectivity index (χ3n) is 3.00. The SMILES string of the molecule is CN(C)c1ccc(-n2c(-c3nonc3N)noc2=O)cc1Cl. The molecule has 22 heavy (non-hydrogen) atoms. The highest BCUT2D eigenvalue weighted by atomic mass is 35.5. The van der Waals surface area contributed by atoms with Crippen LogP contribution in [-0.4, -0.2) is 34.1 Å². The molecule has 0 aliphatic heterocycles. The van der Waals surface area contributed by atoms with Crippen molar-refractivity contribution in [2.75, 3.05) is 24.7 Å². The van der Waals surface area contributed by atoms with Crippen molar-refractivity contribution in [3.05, 3.63) is 33.8 Å². The van der Waals surface area contributed by atoms with E-state index in [0.717, 1.165) is 5.69 Å². The van der Waals surface area contributed by atoms with Gasteiger partial charge in [0.15, 0.2) is 11.5 Å². The lowest BCUT2D eigenvalue weighted by Crippen LogP contribution is -2.14. The first-order valence-electron chi connectivity index (χ1n) is 6.13. The summed E-state index contributed by atoms with van der Waals surface area (Å²) in [6.45, 7) is 0. The Kier molecular flexibility index (Phi) is 3.33. The second kappa shape index (κ2) is 5.19. The van der Waals surface area contributed by atoms with Gasteiger partial charge in [0.1, 0.15) is 0 Å². The van der Waals surface area contributed by atoms with Gasteiger partial charge in [0.2, 0.25) is 5.82 Å². The maximum absolute atomic E-state index is 11.9. The third kappa shape index (κ3) is 2.21. The molecular formula is C12H11ClN6O3. The van der Waals surface area contributed by atoms with Crippen LogP contribution in [0.5, 0.6) is 0 Å². The van der Waals surface area contributed by atoms with Crippen LogP contribution in [0, 0.1) is 0 Å². The molecule has 10 heteroatoms. The number of nitrogens with two attached hydrogens (primary N) is 1. The lowest BCUT2D eigenvalue weighted by Gasteiger charge is -2.15. The number of aromatic nitrogens is 4. The van der Waals surface area contributed by atoms with Gasteiger partial charge in [-0.2, -0.15) is 0 Å². The molecule has 2 aromatic heterocycles. The Labute approximate surface area is 128 Å². The normalized spacial score (nSPS) is 10.9. The van der Waals surface area contributed by atoms with Gasteiger partial charge >= 0.3 is 5.76 Å². The predicted octanol–water partition coefficient (Wildman–Crippen LogP) is 1.18. The largest absolute Gasteiger partial charge is 0.446 e. The molecule has 0 spiro atoms. The summed E-state index contributed by atoms with van der Waals surface area (Å²) >= 11 is 6.22. The predicted molar refractivity (Wildman–Crippen MR) is 79.1 cm³/mol. The fourth-order valence-corrected chi connectivity index (χ4v) is 2.32. The minimum Gasteiger partial charge on any atom is -0.379 e. The van der Waals surface area contributed by atoms with Gasteiger partial charge in [-0.25, -0.2) is 14.0 Å². The van der Waals surface area contributed by atoms with Crippen LogP contribution in [0.15, 0.2) is 32.1 Å². The fourth-order valence-electron chi connectivity index (χ4n) is 1.98. The Morgan fingerprint density at radius 1 is 1.27 bits per heavy atom.